The molecule has 1 aliphatic heterocycles. The Bertz CT molecular complexity index is 850. The van der Waals surface area contributed by atoms with Gasteiger partial charge in [0.05, 0.1) is 12.7 Å². The number of nitrogens with one attached hydrogen (secondary N) is 1. The first-order valence-corrected chi connectivity index (χ1v) is 8.84. The molecule has 0 spiro atoms. The molecule has 0 fully saturated rings. The summed E-state index contributed by atoms with van der Waals surface area (Å²) in [7, 11) is 0. The Kier molecular flexibility index (Phi) is 4.31. The van der Waals surface area contributed by atoms with E-state index in [1.54, 1.807) is 6.20 Å². The topological polar surface area (TPSA) is 73.5 Å². The maximum Gasteiger partial charge on any atom is 0.153 e. The average molecular weight is 337 g/mol. The van der Waals surface area contributed by atoms with E-state index in [-0.39, 0.29) is 6.04 Å². The predicted molar refractivity (Wildman–Crippen MR) is 94.3 cm³/mol. The lowest BCUT2D eigenvalue weighted by molar-refractivity contribution is 0.483. The summed E-state index contributed by atoms with van der Waals surface area (Å²) < 4.78 is 4.14. The zero-order valence-corrected chi connectivity index (χ0v) is 14.7. The van der Waals surface area contributed by atoms with Crippen LogP contribution in [0.25, 0.3) is 5.82 Å². The van der Waals surface area contributed by atoms with E-state index >= 15 is 0 Å². The van der Waals surface area contributed by atoms with Crippen molar-refractivity contribution in [3.63, 3.8) is 0 Å². The van der Waals surface area contributed by atoms with Crippen LogP contribution >= 0.6 is 0 Å². The maximum atomic E-state index is 4.50. The smallest absolute Gasteiger partial charge is 0.153 e. The molecular formula is C18H23N7. The highest BCUT2D eigenvalue weighted by Gasteiger charge is 2.18. The lowest BCUT2D eigenvalue weighted by atomic mass is 10.1. The highest BCUT2D eigenvalue weighted by atomic mass is 15.3. The molecule has 0 bridgehead atoms. The van der Waals surface area contributed by atoms with E-state index < -0.39 is 0 Å². The van der Waals surface area contributed by atoms with Gasteiger partial charge in [-0.15, -0.1) is 10.2 Å². The van der Waals surface area contributed by atoms with Crippen LogP contribution in [0, 0.1) is 6.92 Å². The molecule has 1 N–H and O–H groups in total. The Morgan fingerprint density at radius 1 is 1.24 bits per heavy atom. The third-order valence-corrected chi connectivity index (χ3v) is 4.88. The molecule has 25 heavy (non-hydrogen) atoms. The monoisotopic (exact) mass is 337 g/mol. The summed E-state index contributed by atoms with van der Waals surface area (Å²) in [5.74, 6) is 2.98. The highest BCUT2D eigenvalue weighted by Crippen LogP contribution is 2.20. The van der Waals surface area contributed by atoms with Gasteiger partial charge in [0.1, 0.15) is 11.6 Å². The Balaban J connectivity index is 1.48. The van der Waals surface area contributed by atoms with Gasteiger partial charge in [-0.3, -0.25) is 0 Å². The molecule has 0 aromatic carbocycles. The van der Waals surface area contributed by atoms with Gasteiger partial charge in [-0.1, -0.05) is 6.07 Å². The Hall–Kier alpha value is -2.54. The summed E-state index contributed by atoms with van der Waals surface area (Å²) >= 11 is 0. The Morgan fingerprint density at radius 3 is 3.00 bits per heavy atom. The van der Waals surface area contributed by atoms with Crippen molar-refractivity contribution >= 4 is 0 Å². The molecule has 3 aromatic rings. The molecule has 4 heterocycles. The number of nitrogens with zero attached hydrogens (tertiary/aromatic N) is 6. The number of hydrogen-bond acceptors (Lipinski definition) is 5. The fraction of sp³-hybridized carbons (Fsp3) is 0.444. The molecule has 1 aliphatic rings. The van der Waals surface area contributed by atoms with E-state index in [0.29, 0.717) is 6.54 Å². The molecular weight excluding hydrogens is 314 g/mol. The molecule has 1 unspecified atom stereocenters. The van der Waals surface area contributed by atoms with E-state index in [1.165, 1.54) is 18.4 Å². The zero-order valence-electron chi connectivity index (χ0n) is 14.7. The first-order valence-electron chi connectivity index (χ1n) is 8.84. The van der Waals surface area contributed by atoms with E-state index in [4.69, 9.17) is 0 Å². The highest BCUT2D eigenvalue weighted by molar-refractivity contribution is 5.29. The molecule has 3 aromatic heterocycles. The minimum absolute atomic E-state index is 0.175. The predicted octanol–water partition coefficient (Wildman–Crippen LogP) is 2.35. The van der Waals surface area contributed by atoms with Crippen molar-refractivity contribution in [3.05, 3.63) is 53.5 Å². The summed E-state index contributed by atoms with van der Waals surface area (Å²) in [6.07, 6.45) is 7.17. The van der Waals surface area contributed by atoms with Crippen molar-refractivity contribution in [1.29, 1.82) is 0 Å². The molecule has 0 aliphatic carbocycles. The molecule has 0 amide bonds. The van der Waals surface area contributed by atoms with Crippen molar-refractivity contribution in [2.75, 3.05) is 0 Å². The van der Waals surface area contributed by atoms with Crippen LogP contribution in [0.5, 0.6) is 0 Å². The molecule has 0 radical (unpaired) electrons. The second-order valence-corrected chi connectivity index (χ2v) is 6.53. The van der Waals surface area contributed by atoms with Gasteiger partial charge in [-0.05, 0) is 38.8 Å². The zero-order chi connectivity index (χ0) is 17.2. The second kappa shape index (κ2) is 6.76. The van der Waals surface area contributed by atoms with Gasteiger partial charge in [0.2, 0.25) is 0 Å². The summed E-state index contributed by atoms with van der Waals surface area (Å²) in [5, 5.41) is 16.7. The standard InChI is InChI=1S/C18H23N7/c1-13(20-12-18-23-22-17-8-4-6-10-24(17)18)15-11-21-25(14(15)2)16-7-3-5-9-19-16/h3,5,7,9,11,13,20H,4,6,8,10,12H2,1-2H3. The normalized spacial score (nSPS) is 15.1. The van der Waals surface area contributed by atoms with Gasteiger partial charge in [0.15, 0.2) is 5.82 Å². The minimum atomic E-state index is 0.175. The minimum Gasteiger partial charge on any atom is -0.314 e. The SMILES string of the molecule is Cc1c(C(C)NCc2nnc3n2CCCC3)cnn1-c1ccccn1. The van der Waals surface area contributed by atoms with Gasteiger partial charge in [0, 0.05) is 36.5 Å². The van der Waals surface area contributed by atoms with Gasteiger partial charge in [-0.25, -0.2) is 9.67 Å². The summed E-state index contributed by atoms with van der Waals surface area (Å²) in [4.78, 5) is 4.38. The number of hydrogen-bond donors (Lipinski definition) is 1. The van der Waals surface area contributed by atoms with Gasteiger partial charge in [-0.2, -0.15) is 5.10 Å². The van der Waals surface area contributed by atoms with Crippen molar-refractivity contribution < 1.29 is 0 Å². The molecule has 7 nitrogen and oxygen atoms in total. The van der Waals surface area contributed by atoms with Crippen LogP contribution in [0.3, 0.4) is 0 Å². The first kappa shape index (κ1) is 16.0. The number of rotatable bonds is 5. The van der Waals surface area contributed by atoms with Crippen LogP contribution in [0.1, 0.15) is 48.7 Å². The molecule has 1 atom stereocenters. The van der Waals surface area contributed by atoms with Crippen LogP contribution in [0.4, 0.5) is 0 Å². The molecule has 4 rings (SSSR count). The van der Waals surface area contributed by atoms with Crippen molar-refractivity contribution in [3.8, 4) is 5.82 Å². The Morgan fingerprint density at radius 2 is 2.16 bits per heavy atom. The first-order chi connectivity index (χ1) is 12.2. The van der Waals surface area contributed by atoms with Crippen LogP contribution < -0.4 is 5.32 Å². The van der Waals surface area contributed by atoms with Crippen LogP contribution in [0.2, 0.25) is 0 Å². The van der Waals surface area contributed by atoms with Gasteiger partial charge >= 0.3 is 0 Å². The number of aryl methyl sites for hydroxylation is 1. The lowest BCUT2D eigenvalue weighted by Gasteiger charge is -2.17. The number of pyridine rings is 1. The third kappa shape index (κ3) is 3.07. The van der Waals surface area contributed by atoms with Gasteiger partial charge in [0.25, 0.3) is 0 Å². The van der Waals surface area contributed by atoms with Crippen molar-refractivity contribution in [2.24, 2.45) is 0 Å². The summed E-state index contributed by atoms with van der Waals surface area (Å²) in [6, 6.07) is 6.02. The third-order valence-electron chi connectivity index (χ3n) is 4.88. The van der Waals surface area contributed by atoms with Crippen molar-refractivity contribution in [2.45, 2.75) is 52.2 Å². The summed E-state index contributed by atoms with van der Waals surface area (Å²) in [5.41, 5.74) is 2.27. The summed E-state index contributed by atoms with van der Waals surface area (Å²) in [6.45, 7) is 5.97. The van der Waals surface area contributed by atoms with Crippen LogP contribution in [-0.2, 0) is 19.5 Å². The molecule has 7 heteroatoms. The molecule has 0 saturated carbocycles. The maximum absolute atomic E-state index is 4.50. The number of fused-ring (bicyclic) bond motifs is 1. The van der Waals surface area contributed by atoms with E-state index in [0.717, 1.165) is 36.1 Å². The van der Waals surface area contributed by atoms with Crippen LogP contribution in [-0.4, -0.2) is 29.5 Å². The van der Waals surface area contributed by atoms with Crippen LogP contribution in [0.15, 0.2) is 30.6 Å². The molecule has 0 saturated heterocycles. The van der Waals surface area contributed by atoms with E-state index in [2.05, 4.69) is 44.0 Å². The van der Waals surface area contributed by atoms with E-state index in [9.17, 15) is 0 Å². The number of aromatic nitrogens is 6. The quantitative estimate of drug-likeness (QED) is 0.774. The average Bonchev–Trinajstić information content (AvgIpc) is 3.24. The largest absolute Gasteiger partial charge is 0.314 e. The fourth-order valence-corrected chi connectivity index (χ4v) is 3.41. The lowest BCUT2D eigenvalue weighted by Crippen LogP contribution is -2.22. The molecule has 130 valence electrons. The van der Waals surface area contributed by atoms with Crippen molar-refractivity contribution in [1.82, 2.24) is 34.8 Å². The Labute approximate surface area is 147 Å². The second-order valence-electron chi connectivity index (χ2n) is 6.53. The van der Waals surface area contributed by atoms with E-state index in [1.807, 2.05) is 29.1 Å². The van der Waals surface area contributed by atoms with Gasteiger partial charge < -0.3 is 9.88 Å². The fourth-order valence-electron chi connectivity index (χ4n) is 3.41.